The molecular weight excluding hydrogens is 424 g/mol. The summed E-state index contributed by atoms with van der Waals surface area (Å²) in [5, 5.41) is 7.04. The van der Waals surface area contributed by atoms with Crippen LogP contribution in [0.25, 0.3) is 0 Å². The van der Waals surface area contributed by atoms with Crippen LogP contribution >= 0.6 is 0 Å². The van der Waals surface area contributed by atoms with E-state index in [0.717, 1.165) is 29.5 Å². The predicted octanol–water partition coefficient (Wildman–Crippen LogP) is 3.35. The van der Waals surface area contributed by atoms with E-state index in [0.29, 0.717) is 24.9 Å². The molecule has 1 N–H and O–H groups in total. The van der Waals surface area contributed by atoms with E-state index in [9.17, 15) is 13.2 Å². The maximum absolute atomic E-state index is 13.7. The minimum absolute atomic E-state index is 0.268. The number of amides is 1. The summed E-state index contributed by atoms with van der Waals surface area (Å²) in [5.74, 6) is -0.405. The standard InChI is InChI=1S/C24H28N4O3S/c1-18-8-9-19(2)22(12-18)32(30,31)24(10-3-4-11-24)23(29)26-14-20-6-5-7-21(13-20)15-28-17-25-16-27-28/h5-9,12-13,16-17H,3-4,10-11,14-15H2,1-2H3,(H,26,29). The van der Waals surface area contributed by atoms with E-state index in [1.807, 2.05) is 43.3 Å². The molecule has 7 nitrogen and oxygen atoms in total. The van der Waals surface area contributed by atoms with Crippen molar-refractivity contribution in [2.45, 2.75) is 62.3 Å². The Morgan fingerprint density at radius 3 is 2.56 bits per heavy atom. The largest absolute Gasteiger partial charge is 0.351 e. The third-order valence-corrected chi connectivity index (χ3v) is 8.87. The van der Waals surface area contributed by atoms with Gasteiger partial charge in [0.1, 0.15) is 12.7 Å². The summed E-state index contributed by atoms with van der Waals surface area (Å²) in [4.78, 5) is 17.6. The van der Waals surface area contributed by atoms with Gasteiger partial charge in [0.15, 0.2) is 14.6 Å². The summed E-state index contributed by atoms with van der Waals surface area (Å²) in [6, 6.07) is 13.2. The SMILES string of the molecule is Cc1ccc(C)c(S(=O)(=O)C2(C(=O)NCc3cccc(Cn4cncn4)c3)CCCC2)c1. The minimum Gasteiger partial charge on any atom is -0.351 e. The highest BCUT2D eigenvalue weighted by Crippen LogP contribution is 2.41. The second kappa shape index (κ2) is 8.86. The molecule has 4 rings (SSSR count). The zero-order valence-electron chi connectivity index (χ0n) is 18.4. The molecule has 168 valence electrons. The molecule has 1 aliphatic carbocycles. The first-order chi connectivity index (χ1) is 15.3. The van der Waals surface area contributed by atoms with Crippen LogP contribution in [0, 0.1) is 13.8 Å². The van der Waals surface area contributed by atoms with Crippen LogP contribution in [0.3, 0.4) is 0 Å². The summed E-state index contributed by atoms with van der Waals surface area (Å²) in [6.07, 6.45) is 5.29. The van der Waals surface area contributed by atoms with Crippen LogP contribution in [0.1, 0.15) is 47.9 Å². The number of sulfone groups is 1. The molecule has 1 saturated carbocycles. The van der Waals surface area contributed by atoms with Crippen molar-refractivity contribution < 1.29 is 13.2 Å². The van der Waals surface area contributed by atoms with Gasteiger partial charge in [-0.05, 0) is 55.0 Å². The fraction of sp³-hybridized carbons (Fsp3) is 0.375. The summed E-state index contributed by atoms with van der Waals surface area (Å²) in [5.41, 5.74) is 3.48. The lowest BCUT2D eigenvalue weighted by Crippen LogP contribution is -2.50. The van der Waals surface area contributed by atoms with Gasteiger partial charge in [0.2, 0.25) is 5.91 Å². The van der Waals surface area contributed by atoms with Crippen LogP contribution in [-0.2, 0) is 27.7 Å². The Labute approximate surface area is 188 Å². The first-order valence-corrected chi connectivity index (χ1v) is 12.3. The van der Waals surface area contributed by atoms with Gasteiger partial charge >= 0.3 is 0 Å². The highest BCUT2D eigenvalue weighted by atomic mass is 32.2. The third-order valence-electron chi connectivity index (χ3n) is 6.23. The van der Waals surface area contributed by atoms with Crippen molar-refractivity contribution in [3.05, 3.63) is 77.4 Å². The number of carbonyl (C=O) groups excluding carboxylic acids is 1. The zero-order valence-corrected chi connectivity index (χ0v) is 19.2. The first kappa shape index (κ1) is 22.2. The van der Waals surface area contributed by atoms with Crippen molar-refractivity contribution in [3.63, 3.8) is 0 Å². The average Bonchev–Trinajstić information content (AvgIpc) is 3.47. The Morgan fingerprint density at radius 2 is 1.84 bits per heavy atom. The van der Waals surface area contributed by atoms with E-state index in [4.69, 9.17) is 0 Å². The highest BCUT2D eigenvalue weighted by molar-refractivity contribution is 7.93. The van der Waals surface area contributed by atoms with E-state index in [1.165, 1.54) is 6.33 Å². The van der Waals surface area contributed by atoms with Crippen LogP contribution in [0.4, 0.5) is 0 Å². The van der Waals surface area contributed by atoms with Gasteiger partial charge in [-0.25, -0.2) is 18.1 Å². The van der Waals surface area contributed by atoms with Gasteiger partial charge < -0.3 is 5.32 Å². The van der Waals surface area contributed by atoms with E-state index >= 15 is 0 Å². The summed E-state index contributed by atoms with van der Waals surface area (Å²) in [7, 11) is -3.83. The Bertz CT molecular complexity index is 1210. The number of hydrogen-bond acceptors (Lipinski definition) is 5. The van der Waals surface area contributed by atoms with Gasteiger partial charge in [-0.3, -0.25) is 4.79 Å². The molecular formula is C24H28N4O3S. The Kier molecular flexibility index (Phi) is 6.15. The second-order valence-corrected chi connectivity index (χ2v) is 10.8. The normalized spacial score (nSPS) is 15.6. The molecule has 1 amide bonds. The molecule has 0 aliphatic heterocycles. The molecule has 1 heterocycles. The lowest BCUT2D eigenvalue weighted by Gasteiger charge is -2.28. The molecule has 0 radical (unpaired) electrons. The first-order valence-electron chi connectivity index (χ1n) is 10.8. The minimum atomic E-state index is -3.83. The van der Waals surface area contributed by atoms with Gasteiger partial charge in [-0.15, -0.1) is 0 Å². The van der Waals surface area contributed by atoms with E-state index in [-0.39, 0.29) is 11.4 Å². The van der Waals surface area contributed by atoms with Crippen LogP contribution in [0.2, 0.25) is 0 Å². The molecule has 0 saturated heterocycles. The Morgan fingerprint density at radius 1 is 1.09 bits per heavy atom. The Balaban J connectivity index is 1.55. The predicted molar refractivity (Wildman–Crippen MR) is 122 cm³/mol. The quantitative estimate of drug-likeness (QED) is 0.593. The molecule has 32 heavy (non-hydrogen) atoms. The maximum atomic E-state index is 13.7. The van der Waals surface area contributed by atoms with Crippen molar-refractivity contribution in [1.29, 1.82) is 0 Å². The molecule has 1 aromatic heterocycles. The molecule has 1 fully saturated rings. The van der Waals surface area contributed by atoms with Crippen molar-refractivity contribution >= 4 is 15.7 Å². The van der Waals surface area contributed by atoms with Gasteiger partial charge in [0, 0.05) is 6.54 Å². The van der Waals surface area contributed by atoms with Gasteiger partial charge in [-0.2, -0.15) is 5.10 Å². The second-order valence-electron chi connectivity index (χ2n) is 8.57. The molecule has 3 aromatic rings. The van der Waals surface area contributed by atoms with Gasteiger partial charge in [-0.1, -0.05) is 49.2 Å². The summed E-state index contributed by atoms with van der Waals surface area (Å²) < 4.78 is 27.8. The van der Waals surface area contributed by atoms with Crippen molar-refractivity contribution in [2.24, 2.45) is 0 Å². The van der Waals surface area contributed by atoms with Crippen LogP contribution in [0.5, 0.6) is 0 Å². The third kappa shape index (κ3) is 4.19. The van der Waals surface area contributed by atoms with Crippen molar-refractivity contribution in [1.82, 2.24) is 20.1 Å². The monoisotopic (exact) mass is 452 g/mol. The molecule has 0 bridgehead atoms. The van der Waals surface area contributed by atoms with Crippen LogP contribution < -0.4 is 5.32 Å². The molecule has 0 atom stereocenters. The Hall–Kier alpha value is -3.00. The number of hydrogen-bond donors (Lipinski definition) is 1. The molecule has 0 unspecified atom stereocenters. The number of benzene rings is 2. The number of nitrogens with zero attached hydrogens (tertiary/aromatic N) is 3. The van der Waals surface area contributed by atoms with E-state index in [2.05, 4.69) is 15.4 Å². The lowest BCUT2D eigenvalue weighted by atomic mass is 10.1. The zero-order chi connectivity index (χ0) is 22.8. The topological polar surface area (TPSA) is 94.0 Å². The summed E-state index contributed by atoms with van der Waals surface area (Å²) in [6.45, 7) is 4.50. The van der Waals surface area contributed by atoms with Gasteiger partial charge in [0.25, 0.3) is 0 Å². The fourth-order valence-corrected chi connectivity index (χ4v) is 6.85. The highest BCUT2D eigenvalue weighted by Gasteiger charge is 2.53. The van der Waals surface area contributed by atoms with Crippen LogP contribution in [-0.4, -0.2) is 33.8 Å². The molecule has 8 heteroatoms. The molecule has 2 aromatic carbocycles. The van der Waals surface area contributed by atoms with E-state index < -0.39 is 20.5 Å². The number of carbonyl (C=O) groups is 1. The number of nitrogens with one attached hydrogen (secondary N) is 1. The lowest BCUT2D eigenvalue weighted by molar-refractivity contribution is -0.123. The summed E-state index contributed by atoms with van der Waals surface area (Å²) >= 11 is 0. The average molecular weight is 453 g/mol. The fourth-order valence-electron chi connectivity index (χ4n) is 4.45. The molecule has 1 aliphatic rings. The maximum Gasteiger partial charge on any atom is 0.242 e. The number of rotatable bonds is 7. The molecule has 0 spiro atoms. The smallest absolute Gasteiger partial charge is 0.242 e. The van der Waals surface area contributed by atoms with E-state index in [1.54, 1.807) is 24.0 Å². The van der Waals surface area contributed by atoms with Crippen molar-refractivity contribution in [3.8, 4) is 0 Å². The number of aromatic nitrogens is 3. The number of aryl methyl sites for hydroxylation is 2. The van der Waals surface area contributed by atoms with Gasteiger partial charge in [0.05, 0.1) is 11.4 Å². The van der Waals surface area contributed by atoms with Crippen molar-refractivity contribution in [2.75, 3.05) is 0 Å². The van der Waals surface area contributed by atoms with Crippen LogP contribution in [0.15, 0.2) is 60.0 Å².